The zero-order chi connectivity index (χ0) is 21.7. The van der Waals surface area contributed by atoms with E-state index in [0.717, 1.165) is 19.3 Å². The van der Waals surface area contributed by atoms with Crippen LogP contribution in [0.2, 0.25) is 0 Å². The molecule has 5 nitrogen and oxygen atoms in total. The van der Waals surface area contributed by atoms with E-state index < -0.39 is 29.6 Å². The molecule has 172 valence electrons. The number of carbonyl (C=O) groups excluding carboxylic acids is 1. The molecule has 9 heteroatoms. The van der Waals surface area contributed by atoms with Crippen LogP contribution in [0.15, 0.2) is 0 Å². The summed E-state index contributed by atoms with van der Waals surface area (Å²) in [6.45, 7) is 2.48. The third-order valence-corrected chi connectivity index (χ3v) is 8.15. The summed E-state index contributed by atoms with van der Waals surface area (Å²) in [5.74, 6) is -2.84. The molecule has 30 heavy (non-hydrogen) atoms. The molecule has 2 saturated carbocycles. The van der Waals surface area contributed by atoms with Crippen LogP contribution in [0.4, 0.5) is 17.6 Å². The molecule has 2 aliphatic heterocycles. The van der Waals surface area contributed by atoms with Crippen molar-refractivity contribution in [2.45, 2.75) is 82.3 Å². The molecule has 2 saturated heterocycles. The molecular weight excluding hydrogens is 400 g/mol. The van der Waals surface area contributed by atoms with E-state index in [9.17, 15) is 18.0 Å². The third-order valence-electron chi connectivity index (χ3n) is 8.15. The van der Waals surface area contributed by atoms with Gasteiger partial charge >= 0.3 is 6.18 Å². The predicted molar refractivity (Wildman–Crippen MR) is 105 cm³/mol. The molecule has 1 amide bonds. The second-order valence-electron chi connectivity index (χ2n) is 10.1. The lowest BCUT2D eigenvalue weighted by Crippen LogP contribution is -2.48. The minimum absolute atomic E-state index is 0.0933. The van der Waals surface area contributed by atoms with Gasteiger partial charge in [-0.15, -0.1) is 0 Å². The number of halogens is 4. The molecule has 4 rings (SSSR count). The summed E-state index contributed by atoms with van der Waals surface area (Å²) in [7, 11) is 1.93. The molecule has 0 spiro atoms. The lowest BCUT2D eigenvalue weighted by molar-refractivity contribution is -0.198. The molecule has 2 N–H and O–H groups in total. The van der Waals surface area contributed by atoms with E-state index in [2.05, 4.69) is 10.9 Å². The summed E-state index contributed by atoms with van der Waals surface area (Å²) in [6, 6.07) is -0.141. The Morgan fingerprint density at radius 1 is 1.10 bits per heavy atom. The van der Waals surface area contributed by atoms with E-state index in [1.807, 2.05) is 11.9 Å². The van der Waals surface area contributed by atoms with Gasteiger partial charge in [-0.25, -0.2) is 15.2 Å². The van der Waals surface area contributed by atoms with E-state index in [0.29, 0.717) is 32.4 Å². The zero-order valence-electron chi connectivity index (χ0n) is 17.8. The number of hydrogen-bond donors (Lipinski definition) is 2. The first-order valence-electron chi connectivity index (χ1n) is 11.3. The Hall–Kier alpha value is -0.930. The van der Waals surface area contributed by atoms with Crippen molar-refractivity contribution in [2.75, 3.05) is 20.3 Å². The second kappa shape index (κ2) is 8.20. The third kappa shape index (κ3) is 4.21. The molecule has 0 aromatic heterocycles. The Morgan fingerprint density at radius 3 is 2.50 bits per heavy atom. The highest BCUT2D eigenvalue weighted by atomic mass is 19.4. The number of likely N-dealkylation sites (tertiary alicyclic amines) is 1. The summed E-state index contributed by atoms with van der Waals surface area (Å²) in [5.41, 5.74) is 4.71. The normalized spacial score (nSPS) is 40.5. The number of amides is 1. The van der Waals surface area contributed by atoms with Gasteiger partial charge in [-0.1, -0.05) is 12.8 Å². The second-order valence-corrected chi connectivity index (χ2v) is 10.1. The van der Waals surface area contributed by atoms with Crippen LogP contribution in [-0.2, 0) is 4.79 Å². The molecule has 4 aliphatic rings. The molecular formula is C21H34F4N4O. The Bertz CT molecular complexity index is 643. The van der Waals surface area contributed by atoms with Crippen LogP contribution in [0, 0.1) is 23.7 Å². The average Bonchev–Trinajstić information content (AvgIpc) is 3.24. The average molecular weight is 435 g/mol. The summed E-state index contributed by atoms with van der Waals surface area (Å²) < 4.78 is 56.3. The topological polar surface area (TPSA) is 47.6 Å². The highest BCUT2D eigenvalue weighted by Gasteiger charge is 2.56. The molecule has 0 aromatic carbocycles. The zero-order valence-corrected chi connectivity index (χ0v) is 17.8. The lowest BCUT2D eigenvalue weighted by atomic mass is 9.73. The number of nitrogens with one attached hydrogen (secondary N) is 2. The van der Waals surface area contributed by atoms with E-state index in [4.69, 9.17) is 0 Å². The molecule has 0 aromatic rings. The number of nitrogens with zero attached hydrogens (tertiary/aromatic N) is 2. The monoisotopic (exact) mass is 434 g/mol. The van der Waals surface area contributed by atoms with E-state index in [1.165, 1.54) is 0 Å². The molecule has 0 radical (unpaired) electrons. The van der Waals surface area contributed by atoms with Crippen LogP contribution in [-0.4, -0.2) is 60.0 Å². The SMILES string of the molecule is CN1CNNC1C[C@](C)(F)C1CCCC(N2CC3C(CCCC3C(F)(F)F)C2=O)C1. The predicted octanol–water partition coefficient (Wildman–Crippen LogP) is 3.42. The number of carbonyl (C=O) groups is 1. The minimum atomic E-state index is -4.25. The van der Waals surface area contributed by atoms with Crippen molar-refractivity contribution in [3.05, 3.63) is 0 Å². The van der Waals surface area contributed by atoms with Gasteiger partial charge in [-0.2, -0.15) is 13.2 Å². The number of alkyl halides is 4. The van der Waals surface area contributed by atoms with Crippen molar-refractivity contribution in [1.82, 2.24) is 20.7 Å². The molecule has 2 aliphatic carbocycles. The lowest BCUT2D eigenvalue weighted by Gasteiger charge is -2.41. The van der Waals surface area contributed by atoms with Crippen LogP contribution in [0.25, 0.3) is 0 Å². The Morgan fingerprint density at radius 2 is 1.83 bits per heavy atom. The smallest absolute Gasteiger partial charge is 0.339 e. The molecule has 7 atom stereocenters. The fourth-order valence-corrected chi connectivity index (χ4v) is 6.35. The first-order valence-corrected chi connectivity index (χ1v) is 11.3. The van der Waals surface area contributed by atoms with Crippen molar-refractivity contribution < 1.29 is 22.4 Å². The number of fused-ring (bicyclic) bond motifs is 1. The number of rotatable bonds is 4. The number of hydrogen-bond acceptors (Lipinski definition) is 4. The van der Waals surface area contributed by atoms with Gasteiger partial charge in [0.25, 0.3) is 0 Å². The summed E-state index contributed by atoms with van der Waals surface area (Å²) >= 11 is 0. The fourth-order valence-electron chi connectivity index (χ4n) is 6.35. The Kier molecular flexibility index (Phi) is 6.09. The van der Waals surface area contributed by atoms with Crippen LogP contribution in [0.3, 0.4) is 0 Å². The van der Waals surface area contributed by atoms with Crippen molar-refractivity contribution in [3.8, 4) is 0 Å². The first kappa shape index (κ1) is 22.3. The molecule has 6 unspecified atom stereocenters. The van der Waals surface area contributed by atoms with Gasteiger partial charge in [0.2, 0.25) is 5.91 Å². The Balaban J connectivity index is 1.43. The maximum atomic E-state index is 15.7. The standard InChI is InChI=1S/C21H34F4N4O/c1-20(22,10-18-27-26-12-28(18)2)13-5-3-6-14(9-13)29-11-16-15(19(29)30)7-4-8-17(16)21(23,24)25/h13-18,26-27H,3-12H2,1-2H3/t13?,14?,15?,16?,17?,18?,20-/m0/s1. The van der Waals surface area contributed by atoms with Crippen molar-refractivity contribution in [2.24, 2.45) is 23.7 Å². The van der Waals surface area contributed by atoms with Gasteiger partial charge in [-0.3, -0.25) is 9.69 Å². The van der Waals surface area contributed by atoms with Crippen LogP contribution in [0.5, 0.6) is 0 Å². The highest BCUT2D eigenvalue weighted by Crippen LogP contribution is 2.49. The number of hydrazine groups is 1. The van der Waals surface area contributed by atoms with Crippen LogP contribution in [0.1, 0.15) is 58.3 Å². The van der Waals surface area contributed by atoms with Crippen LogP contribution >= 0.6 is 0 Å². The van der Waals surface area contributed by atoms with Gasteiger partial charge in [-0.05, 0) is 57.9 Å². The van der Waals surface area contributed by atoms with Gasteiger partial charge in [0.1, 0.15) is 5.67 Å². The first-order chi connectivity index (χ1) is 14.1. The van der Waals surface area contributed by atoms with E-state index in [-0.39, 0.29) is 37.0 Å². The molecule has 2 heterocycles. The van der Waals surface area contributed by atoms with Crippen molar-refractivity contribution in [3.63, 3.8) is 0 Å². The van der Waals surface area contributed by atoms with Crippen LogP contribution < -0.4 is 10.9 Å². The van der Waals surface area contributed by atoms with Crippen molar-refractivity contribution >= 4 is 5.91 Å². The van der Waals surface area contributed by atoms with Gasteiger partial charge in [0.05, 0.1) is 18.8 Å². The maximum Gasteiger partial charge on any atom is 0.392 e. The van der Waals surface area contributed by atoms with Gasteiger partial charge in [0.15, 0.2) is 0 Å². The van der Waals surface area contributed by atoms with E-state index >= 15 is 4.39 Å². The molecule has 4 fully saturated rings. The summed E-state index contributed by atoms with van der Waals surface area (Å²) in [4.78, 5) is 16.7. The highest BCUT2D eigenvalue weighted by molar-refractivity contribution is 5.82. The quantitative estimate of drug-likeness (QED) is 0.666. The largest absolute Gasteiger partial charge is 0.392 e. The summed E-state index contributed by atoms with van der Waals surface area (Å²) in [6.07, 6.45) is -0.00909. The maximum absolute atomic E-state index is 15.7. The van der Waals surface area contributed by atoms with Gasteiger partial charge < -0.3 is 4.90 Å². The Labute approximate surface area is 175 Å². The minimum Gasteiger partial charge on any atom is -0.339 e. The fraction of sp³-hybridized carbons (Fsp3) is 0.952. The van der Waals surface area contributed by atoms with E-state index in [1.54, 1.807) is 11.8 Å². The summed E-state index contributed by atoms with van der Waals surface area (Å²) in [5, 5.41) is 0. The molecule has 0 bridgehead atoms. The van der Waals surface area contributed by atoms with Crippen molar-refractivity contribution in [1.29, 1.82) is 0 Å². The van der Waals surface area contributed by atoms with Gasteiger partial charge in [0, 0.05) is 24.9 Å².